The van der Waals surface area contributed by atoms with Gasteiger partial charge in [0.2, 0.25) is 0 Å². The molecule has 0 spiro atoms. The molecule has 0 N–H and O–H groups in total. The Labute approximate surface area is 471 Å². The van der Waals surface area contributed by atoms with Gasteiger partial charge in [0.05, 0.1) is 0 Å². The summed E-state index contributed by atoms with van der Waals surface area (Å²) in [7, 11) is 0. The Morgan fingerprint density at radius 3 is 0.816 bits per heavy atom. The van der Waals surface area contributed by atoms with E-state index in [0.29, 0.717) is 19.3 Å². The molecule has 1 unspecified atom stereocenters. The fraction of sp³-hybridized carbons (Fsp3) is 0.757. The standard InChI is InChI=1S/C70H122O6/c1-4-7-10-13-16-19-22-25-28-29-30-31-32-33-34-35-36-37-38-39-40-41-43-45-48-51-54-57-60-63-69(72)75-66-67(65-74-68(71)62-59-56-53-50-47-44-27-24-21-18-15-12-9-6-3)76-70(73)64-61-58-55-52-49-46-42-26-23-20-17-14-11-8-5-2/h8,11,17,20,22,24-27,29-30,32-33,42,67H,4-7,9-10,12-16,18-19,21,23,28,31,34-41,43-66H2,1-3H3/b11-8-,20-17-,25-22-,27-24-,30-29-,33-32-,42-26-. The Morgan fingerprint density at radius 2 is 0.513 bits per heavy atom. The third-order valence-corrected chi connectivity index (χ3v) is 14.1. The van der Waals surface area contributed by atoms with E-state index >= 15 is 0 Å². The minimum Gasteiger partial charge on any atom is -0.462 e. The van der Waals surface area contributed by atoms with Gasteiger partial charge in [-0.15, -0.1) is 0 Å². The zero-order valence-electron chi connectivity index (χ0n) is 50.3. The van der Waals surface area contributed by atoms with E-state index < -0.39 is 6.10 Å². The lowest BCUT2D eigenvalue weighted by atomic mass is 10.0. The Hall–Kier alpha value is -3.41. The van der Waals surface area contributed by atoms with Crippen molar-refractivity contribution in [1.29, 1.82) is 0 Å². The van der Waals surface area contributed by atoms with Gasteiger partial charge in [-0.2, -0.15) is 0 Å². The number of carbonyl (C=O) groups excluding carboxylic acids is 3. The van der Waals surface area contributed by atoms with E-state index in [1.807, 2.05) is 0 Å². The van der Waals surface area contributed by atoms with Crippen molar-refractivity contribution in [2.75, 3.05) is 13.2 Å². The summed E-state index contributed by atoms with van der Waals surface area (Å²) in [6.45, 7) is 6.51. The highest BCUT2D eigenvalue weighted by molar-refractivity contribution is 5.71. The summed E-state index contributed by atoms with van der Waals surface area (Å²) in [4.78, 5) is 38.3. The second-order valence-electron chi connectivity index (χ2n) is 21.6. The normalized spacial score (nSPS) is 12.6. The summed E-state index contributed by atoms with van der Waals surface area (Å²) in [5.41, 5.74) is 0. The van der Waals surface area contributed by atoms with Crippen LogP contribution in [0.25, 0.3) is 0 Å². The molecule has 76 heavy (non-hydrogen) atoms. The van der Waals surface area contributed by atoms with Crippen LogP contribution < -0.4 is 0 Å². The molecule has 0 aliphatic rings. The van der Waals surface area contributed by atoms with Crippen molar-refractivity contribution in [3.8, 4) is 0 Å². The minimum atomic E-state index is -0.790. The summed E-state index contributed by atoms with van der Waals surface area (Å²) < 4.78 is 16.9. The second kappa shape index (κ2) is 64.1. The lowest BCUT2D eigenvalue weighted by Crippen LogP contribution is -2.30. The molecule has 0 aromatic rings. The predicted molar refractivity (Wildman–Crippen MR) is 330 cm³/mol. The number of carbonyl (C=O) groups is 3. The van der Waals surface area contributed by atoms with Crippen LogP contribution in [-0.4, -0.2) is 37.2 Å². The fourth-order valence-electron chi connectivity index (χ4n) is 9.23. The maximum Gasteiger partial charge on any atom is 0.306 e. The first-order valence-corrected chi connectivity index (χ1v) is 32.6. The molecule has 438 valence electrons. The van der Waals surface area contributed by atoms with Crippen LogP contribution in [0.2, 0.25) is 0 Å². The second-order valence-corrected chi connectivity index (χ2v) is 21.6. The minimum absolute atomic E-state index is 0.0851. The molecule has 0 amide bonds. The van der Waals surface area contributed by atoms with E-state index in [9.17, 15) is 14.4 Å². The Bertz CT molecular complexity index is 1450. The van der Waals surface area contributed by atoms with Gasteiger partial charge in [0.15, 0.2) is 6.10 Å². The molecule has 6 heteroatoms. The van der Waals surface area contributed by atoms with Crippen LogP contribution in [0.4, 0.5) is 0 Å². The molecule has 0 aliphatic carbocycles. The number of hydrogen-bond donors (Lipinski definition) is 0. The molecule has 0 aliphatic heterocycles. The van der Waals surface area contributed by atoms with Gasteiger partial charge in [-0.05, 0) is 116 Å². The van der Waals surface area contributed by atoms with Gasteiger partial charge in [0, 0.05) is 19.3 Å². The van der Waals surface area contributed by atoms with E-state index in [2.05, 4.69) is 106 Å². The van der Waals surface area contributed by atoms with Crippen LogP contribution in [0.5, 0.6) is 0 Å². The highest BCUT2D eigenvalue weighted by Crippen LogP contribution is 2.16. The van der Waals surface area contributed by atoms with Gasteiger partial charge in [-0.25, -0.2) is 0 Å². The molecule has 0 saturated carbocycles. The molecular formula is C70H122O6. The number of rotatable bonds is 59. The topological polar surface area (TPSA) is 78.9 Å². The van der Waals surface area contributed by atoms with Crippen LogP contribution in [-0.2, 0) is 28.6 Å². The van der Waals surface area contributed by atoms with E-state index in [4.69, 9.17) is 14.2 Å². The molecule has 1 atom stereocenters. The lowest BCUT2D eigenvalue weighted by Gasteiger charge is -2.18. The van der Waals surface area contributed by atoms with Crippen LogP contribution in [0.15, 0.2) is 85.1 Å². The molecule has 0 radical (unpaired) electrons. The number of hydrogen-bond acceptors (Lipinski definition) is 6. The predicted octanol–water partition coefficient (Wildman–Crippen LogP) is 22.3. The SMILES string of the molecule is CC/C=C\C/C=C\C/C=C\CCCCCCCC(=O)OC(COC(=O)CCCCCCC/C=C\CCCCCCC)COC(=O)CCCCCCCCCCCCCCCC/C=C\C/C=C\C/C=C\CCCCCCC. The van der Waals surface area contributed by atoms with Crippen LogP contribution in [0.1, 0.15) is 323 Å². The first kappa shape index (κ1) is 72.6. The summed E-state index contributed by atoms with van der Waals surface area (Å²) >= 11 is 0. The summed E-state index contributed by atoms with van der Waals surface area (Å²) in [6.07, 6.45) is 84.5. The van der Waals surface area contributed by atoms with E-state index in [-0.39, 0.29) is 31.1 Å². The molecule has 0 heterocycles. The maximum atomic E-state index is 12.9. The van der Waals surface area contributed by atoms with Gasteiger partial charge in [-0.3, -0.25) is 14.4 Å². The third-order valence-electron chi connectivity index (χ3n) is 14.1. The van der Waals surface area contributed by atoms with E-state index in [1.165, 1.54) is 167 Å². The quantitative estimate of drug-likeness (QED) is 0.0261. The van der Waals surface area contributed by atoms with Gasteiger partial charge in [-0.1, -0.05) is 273 Å². The summed E-state index contributed by atoms with van der Waals surface area (Å²) in [5, 5.41) is 0. The van der Waals surface area contributed by atoms with Gasteiger partial charge in [0.1, 0.15) is 13.2 Å². The first-order chi connectivity index (χ1) is 37.5. The monoisotopic (exact) mass is 1060 g/mol. The molecule has 0 aromatic carbocycles. The van der Waals surface area contributed by atoms with Crippen LogP contribution in [0, 0.1) is 0 Å². The molecule has 0 fully saturated rings. The van der Waals surface area contributed by atoms with Gasteiger partial charge >= 0.3 is 17.9 Å². The average molecular weight is 1060 g/mol. The smallest absolute Gasteiger partial charge is 0.306 e. The summed E-state index contributed by atoms with van der Waals surface area (Å²) in [6, 6.07) is 0. The maximum absolute atomic E-state index is 12.9. The fourth-order valence-corrected chi connectivity index (χ4v) is 9.23. The van der Waals surface area contributed by atoms with Crippen molar-refractivity contribution >= 4 is 17.9 Å². The average Bonchev–Trinajstić information content (AvgIpc) is 3.42. The molecule has 6 nitrogen and oxygen atoms in total. The molecule has 0 bridgehead atoms. The van der Waals surface area contributed by atoms with Gasteiger partial charge in [0.25, 0.3) is 0 Å². The van der Waals surface area contributed by atoms with Crippen LogP contribution in [0.3, 0.4) is 0 Å². The Morgan fingerprint density at radius 1 is 0.276 bits per heavy atom. The number of ether oxygens (including phenoxy) is 3. The number of allylic oxidation sites excluding steroid dienone is 14. The molecule has 0 saturated heterocycles. The van der Waals surface area contributed by atoms with Crippen molar-refractivity contribution < 1.29 is 28.6 Å². The van der Waals surface area contributed by atoms with Crippen molar-refractivity contribution in [3.05, 3.63) is 85.1 Å². The summed E-state index contributed by atoms with van der Waals surface area (Å²) in [5.74, 6) is -0.901. The van der Waals surface area contributed by atoms with Crippen molar-refractivity contribution in [2.24, 2.45) is 0 Å². The Kier molecular flexibility index (Phi) is 61.2. The first-order valence-electron chi connectivity index (χ1n) is 32.6. The molecule has 0 rings (SSSR count). The van der Waals surface area contributed by atoms with E-state index in [0.717, 1.165) is 116 Å². The van der Waals surface area contributed by atoms with E-state index in [1.54, 1.807) is 0 Å². The number of esters is 3. The zero-order chi connectivity index (χ0) is 55.0. The zero-order valence-corrected chi connectivity index (χ0v) is 50.3. The highest BCUT2D eigenvalue weighted by Gasteiger charge is 2.19. The highest BCUT2D eigenvalue weighted by atomic mass is 16.6. The van der Waals surface area contributed by atoms with Crippen LogP contribution >= 0.6 is 0 Å². The lowest BCUT2D eigenvalue weighted by molar-refractivity contribution is -0.167. The van der Waals surface area contributed by atoms with Gasteiger partial charge < -0.3 is 14.2 Å². The van der Waals surface area contributed by atoms with Crippen molar-refractivity contribution in [1.82, 2.24) is 0 Å². The Balaban J connectivity index is 4.24. The third kappa shape index (κ3) is 61.4. The largest absolute Gasteiger partial charge is 0.462 e. The van der Waals surface area contributed by atoms with Crippen molar-refractivity contribution in [2.45, 2.75) is 329 Å². The molecule has 0 aromatic heterocycles. The van der Waals surface area contributed by atoms with Crippen molar-refractivity contribution in [3.63, 3.8) is 0 Å². The number of unbranched alkanes of at least 4 members (excludes halogenated alkanes) is 34. The molecular weight excluding hydrogens is 937 g/mol.